The SMILES string of the molecule is C/C(=N\OCc1ccc2c(c1)=NCN=2)c1ccc(C)c(NS(=O)(=O)O)c1. The molecule has 0 saturated carbocycles. The lowest BCUT2D eigenvalue weighted by molar-refractivity contribution is 0.130. The maximum atomic E-state index is 11.0. The van der Waals surface area contributed by atoms with Gasteiger partial charge in [0, 0.05) is 5.56 Å². The highest BCUT2D eigenvalue weighted by Gasteiger charge is 2.09. The monoisotopic (exact) mass is 374 g/mol. The number of anilines is 1. The first-order valence-electron chi connectivity index (χ1n) is 7.82. The van der Waals surface area contributed by atoms with Crippen LogP contribution in [0.5, 0.6) is 0 Å². The zero-order valence-electron chi connectivity index (χ0n) is 14.3. The third-order valence-electron chi connectivity index (χ3n) is 3.85. The number of fused-ring (bicyclic) bond motifs is 1. The van der Waals surface area contributed by atoms with E-state index in [0.29, 0.717) is 23.5 Å². The number of rotatable bonds is 6. The standard InChI is InChI=1S/C17H18N4O4S/c1-11-3-5-14(8-16(11)21-26(22,23)24)12(2)20-25-9-13-4-6-15-17(7-13)19-10-18-15/h3-8,21H,9-10H2,1-2H3,(H,22,23,24)/b20-12+. The van der Waals surface area contributed by atoms with Gasteiger partial charge in [-0.05, 0) is 43.2 Å². The summed E-state index contributed by atoms with van der Waals surface area (Å²) in [4.78, 5) is 13.9. The van der Waals surface area contributed by atoms with Crippen molar-refractivity contribution >= 4 is 21.7 Å². The molecule has 2 N–H and O–H groups in total. The van der Waals surface area contributed by atoms with Gasteiger partial charge in [-0.3, -0.25) is 19.3 Å². The Kier molecular flexibility index (Phi) is 5.01. The zero-order chi connectivity index (χ0) is 18.7. The summed E-state index contributed by atoms with van der Waals surface area (Å²) in [6, 6.07) is 10.8. The highest BCUT2D eigenvalue weighted by Crippen LogP contribution is 2.18. The largest absolute Gasteiger partial charge is 0.391 e. The van der Waals surface area contributed by atoms with Crippen molar-refractivity contribution < 1.29 is 17.8 Å². The molecule has 26 heavy (non-hydrogen) atoms. The fourth-order valence-corrected chi connectivity index (χ4v) is 2.96. The second kappa shape index (κ2) is 7.22. The van der Waals surface area contributed by atoms with E-state index in [2.05, 4.69) is 19.9 Å². The topological polar surface area (TPSA) is 113 Å². The van der Waals surface area contributed by atoms with Crippen LogP contribution in [-0.4, -0.2) is 25.4 Å². The Morgan fingerprint density at radius 3 is 2.77 bits per heavy atom. The summed E-state index contributed by atoms with van der Waals surface area (Å²) in [6.45, 7) is 4.22. The van der Waals surface area contributed by atoms with E-state index >= 15 is 0 Å². The maximum absolute atomic E-state index is 11.0. The van der Waals surface area contributed by atoms with Crippen LogP contribution in [0, 0.1) is 6.92 Å². The second-order valence-electron chi connectivity index (χ2n) is 5.84. The van der Waals surface area contributed by atoms with E-state index < -0.39 is 10.3 Å². The van der Waals surface area contributed by atoms with Crippen molar-refractivity contribution in [2.45, 2.75) is 20.5 Å². The lowest BCUT2D eigenvalue weighted by Crippen LogP contribution is -2.21. The Morgan fingerprint density at radius 2 is 2.00 bits per heavy atom. The molecule has 0 amide bonds. The quantitative estimate of drug-likeness (QED) is 0.451. The number of nitrogens with zero attached hydrogens (tertiary/aromatic N) is 3. The van der Waals surface area contributed by atoms with E-state index in [0.717, 1.165) is 16.3 Å². The van der Waals surface area contributed by atoms with Crippen LogP contribution in [0.1, 0.15) is 23.6 Å². The van der Waals surface area contributed by atoms with Gasteiger partial charge in [-0.15, -0.1) is 0 Å². The summed E-state index contributed by atoms with van der Waals surface area (Å²) in [5, 5.41) is 5.81. The molecule has 0 atom stereocenters. The molecule has 1 aliphatic rings. The van der Waals surface area contributed by atoms with Crippen LogP contribution >= 0.6 is 0 Å². The van der Waals surface area contributed by atoms with Crippen molar-refractivity contribution in [3.63, 3.8) is 0 Å². The summed E-state index contributed by atoms with van der Waals surface area (Å²) in [6.07, 6.45) is 0. The predicted molar refractivity (Wildman–Crippen MR) is 97.0 cm³/mol. The van der Waals surface area contributed by atoms with Crippen molar-refractivity contribution in [3.8, 4) is 0 Å². The van der Waals surface area contributed by atoms with Crippen molar-refractivity contribution in [2.75, 3.05) is 11.4 Å². The summed E-state index contributed by atoms with van der Waals surface area (Å²) < 4.78 is 33.1. The molecule has 0 spiro atoms. The Morgan fingerprint density at radius 1 is 1.23 bits per heavy atom. The molecular formula is C17H18N4O4S. The van der Waals surface area contributed by atoms with Gasteiger partial charge < -0.3 is 4.84 Å². The number of hydrogen-bond acceptors (Lipinski definition) is 6. The maximum Gasteiger partial charge on any atom is 0.357 e. The van der Waals surface area contributed by atoms with Gasteiger partial charge in [0.15, 0.2) is 0 Å². The molecule has 2 aromatic carbocycles. The molecule has 0 saturated heterocycles. The van der Waals surface area contributed by atoms with E-state index in [-0.39, 0.29) is 12.3 Å². The van der Waals surface area contributed by atoms with Gasteiger partial charge >= 0.3 is 10.3 Å². The minimum Gasteiger partial charge on any atom is -0.391 e. The first-order chi connectivity index (χ1) is 12.3. The molecule has 8 nitrogen and oxygen atoms in total. The molecule has 0 radical (unpaired) electrons. The molecule has 136 valence electrons. The minimum atomic E-state index is -4.34. The van der Waals surface area contributed by atoms with Gasteiger partial charge in [0.25, 0.3) is 0 Å². The van der Waals surface area contributed by atoms with E-state index in [1.807, 2.05) is 18.2 Å². The van der Waals surface area contributed by atoms with Crippen LogP contribution in [0.25, 0.3) is 0 Å². The summed E-state index contributed by atoms with van der Waals surface area (Å²) in [5.74, 6) is 0. The van der Waals surface area contributed by atoms with Crippen LogP contribution < -0.4 is 15.4 Å². The third-order valence-corrected chi connectivity index (χ3v) is 4.33. The fourth-order valence-electron chi connectivity index (χ4n) is 2.46. The van der Waals surface area contributed by atoms with Crippen molar-refractivity contribution in [1.82, 2.24) is 0 Å². The minimum absolute atomic E-state index is 0.280. The van der Waals surface area contributed by atoms with E-state index in [1.165, 1.54) is 0 Å². The molecule has 0 aliphatic carbocycles. The molecule has 2 aromatic rings. The highest BCUT2D eigenvalue weighted by atomic mass is 32.2. The number of oxime groups is 1. The molecular weight excluding hydrogens is 356 g/mol. The normalized spacial score (nSPS) is 13.6. The molecule has 0 aromatic heterocycles. The van der Waals surface area contributed by atoms with Gasteiger partial charge in [0.05, 0.1) is 22.1 Å². The van der Waals surface area contributed by atoms with E-state index in [9.17, 15) is 8.42 Å². The molecule has 0 bridgehead atoms. The molecule has 1 heterocycles. The van der Waals surface area contributed by atoms with Crippen LogP contribution in [0.2, 0.25) is 0 Å². The number of benzene rings is 2. The number of nitrogens with one attached hydrogen (secondary N) is 1. The van der Waals surface area contributed by atoms with Gasteiger partial charge in [-0.25, -0.2) is 0 Å². The fraction of sp³-hybridized carbons (Fsp3) is 0.235. The first kappa shape index (κ1) is 18.0. The smallest absolute Gasteiger partial charge is 0.357 e. The van der Waals surface area contributed by atoms with Crippen molar-refractivity contribution in [1.29, 1.82) is 0 Å². The molecule has 0 unspecified atom stereocenters. The van der Waals surface area contributed by atoms with Gasteiger partial charge in [-0.2, -0.15) is 8.42 Å². The summed E-state index contributed by atoms with van der Waals surface area (Å²) in [7, 11) is -4.34. The third kappa shape index (κ3) is 4.44. The van der Waals surface area contributed by atoms with Crippen LogP contribution in [0.15, 0.2) is 51.5 Å². The van der Waals surface area contributed by atoms with E-state index in [4.69, 9.17) is 9.39 Å². The van der Waals surface area contributed by atoms with Crippen LogP contribution in [-0.2, 0) is 21.7 Å². The lowest BCUT2D eigenvalue weighted by atomic mass is 10.1. The average Bonchev–Trinajstić information content (AvgIpc) is 3.03. The summed E-state index contributed by atoms with van der Waals surface area (Å²) >= 11 is 0. The molecule has 3 rings (SSSR count). The van der Waals surface area contributed by atoms with Crippen molar-refractivity contribution in [2.24, 2.45) is 15.1 Å². The molecule has 0 fully saturated rings. The van der Waals surface area contributed by atoms with E-state index in [1.54, 1.807) is 32.0 Å². The van der Waals surface area contributed by atoms with Gasteiger partial charge in [0.2, 0.25) is 0 Å². The Bertz CT molecular complexity index is 1090. The van der Waals surface area contributed by atoms with Crippen molar-refractivity contribution in [3.05, 3.63) is 63.8 Å². The predicted octanol–water partition coefficient (Wildman–Crippen LogP) is 1.36. The Labute approximate surface area is 150 Å². The molecule has 1 aliphatic heterocycles. The average molecular weight is 374 g/mol. The first-order valence-corrected chi connectivity index (χ1v) is 9.26. The zero-order valence-corrected chi connectivity index (χ0v) is 15.1. The van der Waals surface area contributed by atoms with Gasteiger partial charge in [0.1, 0.15) is 13.3 Å². The Balaban J connectivity index is 1.72. The Hall–Kier alpha value is -2.78. The summed E-state index contributed by atoms with van der Waals surface area (Å²) in [5.41, 5.74) is 3.13. The molecule has 9 heteroatoms. The highest BCUT2D eigenvalue weighted by molar-refractivity contribution is 7.87. The van der Waals surface area contributed by atoms with Crippen LogP contribution in [0.3, 0.4) is 0 Å². The number of hydrogen-bond donors (Lipinski definition) is 2. The number of aryl methyl sites for hydroxylation is 1. The lowest BCUT2D eigenvalue weighted by Gasteiger charge is -2.09. The van der Waals surface area contributed by atoms with Crippen LogP contribution in [0.4, 0.5) is 5.69 Å². The second-order valence-corrected chi connectivity index (χ2v) is 6.99. The van der Waals surface area contributed by atoms with Gasteiger partial charge in [-0.1, -0.05) is 23.4 Å².